The molecule has 0 fully saturated rings. The van der Waals surface area contributed by atoms with Crippen LogP contribution in [-0.4, -0.2) is 13.2 Å². The molecule has 20 heavy (non-hydrogen) atoms. The molecule has 0 spiro atoms. The molecule has 0 aromatic heterocycles. The predicted octanol–water partition coefficient (Wildman–Crippen LogP) is 3.28. The van der Waals surface area contributed by atoms with Gasteiger partial charge >= 0.3 is 0 Å². The molecule has 102 valence electrons. The number of nitrogens with one attached hydrogen (secondary N) is 1. The van der Waals surface area contributed by atoms with E-state index in [0.717, 1.165) is 11.4 Å². The standard InChI is InChI=1S/C15H14ClN3O/c16-15-9-13(5-4-11(15)10-17)19-6-7-20-14-3-1-2-12(18)8-14/h1-5,8-9,19H,6-7,18H2. The van der Waals surface area contributed by atoms with Crippen LogP contribution in [0.15, 0.2) is 42.5 Å². The monoisotopic (exact) mass is 287 g/mol. The Labute approximate surface area is 122 Å². The highest BCUT2D eigenvalue weighted by Gasteiger charge is 2.00. The molecular weight excluding hydrogens is 274 g/mol. The smallest absolute Gasteiger partial charge is 0.121 e. The Hall–Kier alpha value is -2.38. The van der Waals surface area contributed by atoms with Crippen molar-refractivity contribution in [1.82, 2.24) is 0 Å². The summed E-state index contributed by atoms with van der Waals surface area (Å²) >= 11 is 5.95. The fourth-order valence-electron chi connectivity index (χ4n) is 1.68. The van der Waals surface area contributed by atoms with E-state index in [4.69, 9.17) is 27.3 Å². The Balaban J connectivity index is 1.82. The Morgan fingerprint density at radius 1 is 1.25 bits per heavy atom. The van der Waals surface area contributed by atoms with E-state index in [2.05, 4.69) is 5.32 Å². The lowest BCUT2D eigenvalue weighted by Crippen LogP contribution is -2.11. The van der Waals surface area contributed by atoms with Gasteiger partial charge in [0.15, 0.2) is 0 Å². The first-order valence-electron chi connectivity index (χ1n) is 6.11. The van der Waals surface area contributed by atoms with Crippen LogP contribution in [0.25, 0.3) is 0 Å². The maximum absolute atomic E-state index is 8.79. The summed E-state index contributed by atoms with van der Waals surface area (Å²) in [6, 6.07) is 14.5. The molecule has 0 saturated heterocycles. The van der Waals surface area contributed by atoms with Gasteiger partial charge in [0.05, 0.1) is 10.6 Å². The van der Waals surface area contributed by atoms with Gasteiger partial charge in [-0.2, -0.15) is 5.26 Å². The van der Waals surface area contributed by atoms with Crippen LogP contribution in [0.4, 0.5) is 11.4 Å². The fraction of sp³-hybridized carbons (Fsp3) is 0.133. The fourth-order valence-corrected chi connectivity index (χ4v) is 1.91. The average molecular weight is 288 g/mol. The lowest BCUT2D eigenvalue weighted by Gasteiger charge is -2.09. The number of nitrogens with two attached hydrogens (primary N) is 1. The number of halogens is 1. The number of nitriles is 1. The Morgan fingerprint density at radius 2 is 2.10 bits per heavy atom. The Morgan fingerprint density at radius 3 is 2.80 bits per heavy atom. The molecule has 4 nitrogen and oxygen atoms in total. The van der Waals surface area contributed by atoms with Gasteiger partial charge in [-0.1, -0.05) is 17.7 Å². The first kappa shape index (κ1) is 14.0. The molecule has 2 aromatic rings. The van der Waals surface area contributed by atoms with Gasteiger partial charge in [0, 0.05) is 24.0 Å². The lowest BCUT2D eigenvalue weighted by molar-refractivity contribution is 0.333. The third-order valence-corrected chi connectivity index (χ3v) is 2.96. The van der Waals surface area contributed by atoms with E-state index in [1.165, 1.54) is 0 Å². The topological polar surface area (TPSA) is 71.1 Å². The molecule has 0 bridgehead atoms. The van der Waals surface area contributed by atoms with Crippen LogP contribution in [0.1, 0.15) is 5.56 Å². The predicted molar refractivity (Wildman–Crippen MR) is 81.0 cm³/mol. The number of anilines is 2. The second-order valence-corrected chi connectivity index (χ2v) is 4.56. The minimum atomic E-state index is 0.439. The number of hydrogen-bond donors (Lipinski definition) is 2. The average Bonchev–Trinajstić information content (AvgIpc) is 2.44. The molecule has 0 heterocycles. The van der Waals surface area contributed by atoms with E-state index in [-0.39, 0.29) is 0 Å². The van der Waals surface area contributed by atoms with Crippen molar-refractivity contribution in [3.05, 3.63) is 53.1 Å². The highest BCUT2D eigenvalue weighted by molar-refractivity contribution is 6.32. The molecule has 2 rings (SSSR count). The van der Waals surface area contributed by atoms with Gasteiger partial charge < -0.3 is 15.8 Å². The first-order chi connectivity index (χ1) is 9.69. The number of nitrogen functional groups attached to an aromatic ring is 1. The van der Waals surface area contributed by atoms with Crippen LogP contribution in [0.2, 0.25) is 5.02 Å². The summed E-state index contributed by atoms with van der Waals surface area (Å²) in [5.41, 5.74) is 7.65. The molecule has 2 aromatic carbocycles. The van der Waals surface area contributed by atoms with Crippen LogP contribution < -0.4 is 15.8 Å². The third kappa shape index (κ3) is 3.81. The second-order valence-electron chi connectivity index (χ2n) is 4.15. The number of rotatable bonds is 5. The molecule has 0 saturated carbocycles. The molecule has 0 unspecified atom stereocenters. The van der Waals surface area contributed by atoms with E-state index in [0.29, 0.717) is 29.4 Å². The quantitative estimate of drug-likeness (QED) is 0.654. The van der Waals surface area contributed by atoms with Crippen molar-refractivity contribution in [1.29, 1.82) is 5.26 Å². The van der Waals surface area contributed by atoms with Gasteiger partial charge in [-0.3, -0.25) is 0 Å². The van der Waals surface area contributed by atoms with E-state index >= 15 is 0 Å². The van der Waals surface area contributed by atoms with Crippen molar-refractivity contribution in [2.24, 2.45) is 0 Å². The summed E-state index contributed by atoms with van der Waals surface area (Å²) in [5.74, 6) is 0.740. The summed E-state index contributed by atoms with van der Waals surface area (Å²) in [6.45, 7) is 1.12. The normalized spacial score (nSPS) is 9.80. The van der Waals surface area contributed by atoms with Gasteiger partial charge in [-0.25, -0.2) is 0 Å². The number of nitrogens with zero attached hydrogens (tertiary/aromatic N) is 1. The second kappa shape index (κ2) is 6.69. The molecular formula is C15H14ClN3O. The van der Waals surface area contributed by atoms with Crippen LogP contribution >= 0.6 is 11.6 Å². The van der Waals surface area contributed by atoms with E-state index < -0.39 is 0 Å². The van der Waals surface area contributed by atoms with Crippen molar-refractivity contribution in [2.75, 3.05) is 24.2 Å². The van der Waals surface area contributed by atoms with Crippen LogP contribution in [0.3, 0.4) is 0 Å². The molecule has 0 amide bonds. The first-order valence-corrected chi connectivity index (χ1v) is 6.48. The summed E-state index contributed by atoms with van der Waals surface area (Å²) in [6.07, 6.45) is 0. The zero-order chi connectivity index (χ0) is 14.4. The molecule has 0 aliphatic heterocycles. The van der Waals surface area contributed by atoms with Gasteiger partial charge in [-0.15, -0.1) is 0 Å². The molecule has 0 radical (unpaired) electrons. The maximum atomic E-state index is 8.79. The SMILES string of the molecule is N#Cc1ccc(NCCOc2cccc(N)c2)cc1Cl. The minimum absolute atomic E-state index is 0.439. The van der Waals surface area contributed by atoms with Crippen molar-refractivity contribution in [2.45, 2.75) is 0 Å². The zero-order valence-electron chi connectivity index (χ0n) is 10.8. The molecule has 5 heteroatoms. The van der Waals surface area contributed by atoms with Gasteiger partial charge in [0.1, 0.15) is 18.4 Å². The van der Waals surface area contributed by atoms with Gasteiger partial charge in [0.2, 0.25) is 0 Å². The summed E-state index contributed by atoms with van der Waals surface area (Å²) in [4.78, 5) is 0. The highest BCUT2D eigenvalue weighted by atomic mass is 35.5. The lowest BCUT2D eigenvalue weighted by atomic mass is 10.2. The summed E-state index contributed by atoms with van der Waals surface area (Å²) in [5, 5.41) is 12.4. The molecule has 3 N–H and O–H groups in total. The molecule has 0 atom stereocenters. The minimum Gasteiger partial charge on any atom is -0.492 e. The Kier molecular flexibility index (Phi) is 4.70. The number of hydrogen-bond acceptors (Lipinski definition) is 4. The maximum Gasteiger partial charge on any atom is 0.121 e. The number of ether oxygens (including phenoxy) is 1. The van der Waals surface area contributed by atoms with Crippen molar-refractivity contribution in [3.8, 4) is 11.8 Å². The van der Waals surface area contributed by atoms with Crippen LogP contribution in [0.5, 0.6) is 5.75 Å². The third-order valence-electron chi connectivity index (χ3n) is 2.65. The van der Waals surface area contributed by atoms with E-state index in [9.17, 15) is 0 Å². The van der Waals surface area contributed by atoms with Crippen molar-refractivity contribution < 1.29 is 4.74 Å². The largest absolute Gasteiger partial charge is 0.492 e. The molecule has 0 aliphatic carbocycles. The van der Waals surface area contributed by atoms with Crippen LogP contribution in [0, 0.1) is 11.3 Å². The summed E-state index contributed by atoms with van der Waals surface area (Å²) < 4.78 is 5.56. The van der Waals surface area contributed by atoms with E-state index in [1.807, 2.05) is 30.3 Å². The van der Waals surface area contributed by atoms with E-state index in [1.54, 1.807) is 18.2 Å². The van der Waals surface area contributed by atoms with Gasteiger partial charge in [0.25, 0.3) is 0 Å². The summed E-state index contributed by atoms with van der Waals surface area (Å²) in [7, 11) is 0. The van der Waals surface area contributed by atoms with Gasteiger partial charge in [-0.05, 0) is 30.3 Å². The number of benzene rings is 2. The van der Waals surface area contributed by atoms with Crippen LogP contribution in [-0.2, 0) is 0 Å². The zero-order valence-corrected chi connectivity index (χ0v) is 11.5. The van der Waals surface area contributed by atoms with Crippen molar-refractivity contribution >= 4 is 23.0 Å². The molecule has 0 aliphatic rings. The highest BCUT2D eigenvalue weighted by Crippen LogP contribution is 2.20. The Bertz CT molecular complexity index is 637. The van der Waals surface area contributed by atoms with Crippen molar-refractivity contribution in [3.63, 3.8) is 0 Å².